The SMILES string of the molecule is CC1C2CC(CCOc3ccccc3-c3ccccc3)C(C2)C1C. The molecule has 5 unspecified atom stereocenters. The van der Waals surface area contributed by atoms with Crippen LogP contribution in [0.4, 0.5) is 0 Å². The number of ether oxygens (including phenoxy) is 1. The van der Waals surface area contributed by atoms with Gasteiger partial charge in [-0.3, -0.25) is 0 Å². The fourth-order valence-corrected chi connectivity index (χ4v) is 5.20. The topological polar surface area (TPSA) is 9.23 Å². The molecule has 2 fully saturated rings. The van der Waals surface area contributed by atoms with Crippen molar-refractivity contribution in [3.8, 4) is 16.9 Å². The van der Waals surface area contributed by atoms with Gasteiger partial charge in [0.1, 0.15) is 5.75 Å². The van der Waals surface area contributed by atoms with Crippen LogP contribution in [0.2, 0.25) is 0 Å². The lowest BCUT2D eigenvalue weighted by Crippen LogP contribution is -2.25. The molecule has 0 N–H and O–H groups in total. The molecule has 2 saturated carbocycles. The van der Waals surface area contributed by atoms with E-state index in [2.05, 4.69) is 68.4 Å². The summed E-state index contributed by atoms with van der Waals surface area (Å²) < 4.78 is 6.22. The molecular weight excluding hydrogens is 292 g/mol. The van der Waals surface area contributed by atoms with E-state index in [-0.39, 0.29) is 0 Å². The van der Waals surface area contributed by atoms with Crippen molar-refractivity contribution in [2.24, 2.45) is 29.6 Å². The molecule has 5 atom stereocenters. The maximum absolute atomic E-state index is 6.22. The Balaban J connectivity index is 1.39. The van der Waals surface area contributed by atoms with Crippen molar-refractivity contribution >= 4 is 0 Å². The van der Waals surface area contributed by atoms with Crippen LogP contribution in [0, 0.1) is 29.6 Å². The molecule has 1 nitrogen and oxygen atoms in total. The predicted molar refractivity (Wildman–Crippen MR) is 100 cm³/mol. The van der Waals surface area contributed by atoms with Crippen molar-refractivity contribution in [3.63, 3.8) is 0 Å². The van der Waals surface area contributed by atoms with E-state index in [0.717, 1.165) is 41.9 Å². The van der Waals surface area contributed by atoms with E-state index in [1.807, 2.05) is 0 Å². The maximum atomic E-state index is 6.22. The van der Waals surface area contributed by atoms with Crippen LogP contribution in [0.1, 0.15) is 33.1 Å². The molecule has 126 valence electrons. The van der Waals surface area contributed by atoms with Gasteiger partial charge in [0.2, 0.25) is 0 Å². The van der Waals surface area contributed by atoms with E-state index < -0.39 is 0 Å². The smallest absolute Gasteiger partial charge is 0.127 e. The van der Waals surface area contributed by atoms with Crippen molar-refractivity contribution in [1.82, 2.24) is 0 Å². The molecule has 2 aromatic rings. The molecule has 0 spiro atoms. The highest BCUT2D eigenvalue weighted by Gasteiger charge is 2.48. The summed E-state index contributed by atoms with van der Waals surface area (Å²) >= 11 is 0. The molecule has 4 rings (SSSR count). The summed E-state index contributed by atoms with van der Waals surface area (Å²) in [7, 11) is 0. The highest BCUT2D eigenvalue weighted by molar-refractivity contribution is 5.70. The Labute approximate surface area is 146 Å². The molecule has 0 heterocycles. The van der Waals surface area contributed by atoms with Gasteiger partial charge >= 0.3 is 0 Å². The molecule has 0 amide bonds. The molecule has 0 aliphatic heterocycles. The first-order chi connectivity index (χ1) is 11.7. The maximum Gasteiger partial charge on any atom is 0.127 e. The zero-order valence-corrected chi connectivity index (χ0v) is 14.8. The third kappa shape index (κ3) is 2.85. The number of hydrogen-bond donors (Lipinski definition) is 0. The van der Waals surface area contributed by atoms with Crippen molar-refractivity contribution in [2.45, 2.75) is 33.1 Å². The highest BCUT2D eigenvalue weighted by Crippen LogP contribution is 2.55. The first-order valence-electron chi connectivity index (χ1n) is 9.51. The lowest BCUT2D eigenvalue weighted by molar-refractivity contribution is 0.160. The van der Waals surface area contributed by atoms with Crippen LogP contribution < -0.4 is 4.74 Å². The Kier molecular flexibility index (Phi) is 4.35. The van der Waals surface area contributed by atoms with Gasteiger partial charge in [-0.2, -0.15) is 0 Å². The Morgan fingerprint density at radius 3 is 2.38 bits per heavy atom. The van der Waals surface area contributed by atoms with Gasteiger partial charge in [-0.1, -0.05) is 62.4 Å². The molecule has 2 aliphatic carbocycles. The minimum absolute atomic E-state index is 0.846. The largest absolute Gasteiger partial charge is 0.493 e. The van der Waals surface area contributed by atoms with Gasteiger partial charge in [0, 0.05) is 5.56 Å². The molecule has 1 heteroatoms. The number of rotatable bonds is 5. The number of hydrogen-bond acceptors (Lipinski definition) is 1. The van der Waals surface area contributed by atoms with Crippen LogP contribution >= 0.6 is 0 Å². The monoisotopic (exact) mass is 320 g/mol. The molecule has 0 aromatic heterocycles. The molecular formula is C23H28O. The zero-order chi connectivity index (χ0) is 16.5. The van der Waals surface area contributed by atoms with Gasteiger partial charge in [-0.25, -0.2) is 0 Å². The van der Waals surface area contributed by atoms with Crippen LogP contribution in [0.25, 0.3) is 11.1 Å². The third-order valence-corrected chi connectivity index (χ3v) is 6.75. The predicted octanol–water partition coefficient (Wildman–Crippen LogP) is 6.05. The van der Waals surface area contributed by atoms with E-state index in [1.54, 1.807) is 0 Å². The van der Waals surface area contributed by atoms with Gasteiger partial charge in [-0.05, 0) is 60.5 Å². The van der Waals surface area contributed by atoms with Gasteiger partial charge in [-0.15, -0.1) is 0 Å². The quantitative estimate of drug-likeness (QED) is 0.651. The lowest BCUT2D eigenvalue weighted by Gasteiger charge is -2.31. The van der Waals surface area contributed by atoms with Crippen LogP contribution in [-0.4, -0.2) is 6.61 Å². The van der Waals surface area contributed by atoms with Crippen LogP contribution in [0.5, 0.6) is 5.75 Å². The first-order valence-corrected chi connectivity index (χ1v) is 9.51. The van der Waals surface area contributed by atoms with Crippen molar-refractivity contribution in [2.75, 3.05) is 6.61 Å². The number of fused-ring (bicyclic) bond motifs is 2. The second-order valence-electron chi connectivity index (χ2n) is 7.87. The average molecular weight is 320 g/mol. The summed E-state index contributed by atoms with van der Waals surface area (Å²) in [6.07, 6.45) is 4.11. The van der Waals surface area contributed by atoms with Crippen LogP contribution in [-0.2, 0) is 0 Å². The van der Waals surface area contributed by atoms with Gasteiger partial charge < -0.3 is 4.74 Å². The molecule has 2 bridgehead atoms. The number of para-hydroxylation sites is 1. The van der Waals surface area contributed by atoms with Gasteiger partial charge in [0.25, 0.3) is 0 Å². The summed E-state index contributed by atoms with van der Waals surface area (Å²) in [6, 6.07) is 19.0. The summed E-state index contributed by atoms with van der Waals surface area (Å²) in [4.78, 5) is 0. The summed E-state index contributed by atoms with van der Waals surface area (Å²) in [5.41, 5.74) is 2.43. The number of benzene rings is 2. The third-order valence-electron chi connectivity index (χ3n) is 6.75. The first kappa shape index (κ1) is 15.7. The van der Waals surface area contributed by atoms with E-state index in [9.17, 15) is 0 Å². The van der Waals surface area contributed by atoms with Crippen LogP contribution in [0.3, 0.4) is 0 Å². The van der Waals surface area contributed by atoms with Crippen molar-refractivity contribution in [1.29, 1.82) is 0 Å². The highest BCUT2D eigenvalue weighted by atomic mass is 16.5. The summed E-state index contributed by atoms with van der Waals surface area (Å²) in [5, 5.41) is 0. The molecule has 2 aromatic carbocycles. The normalized spacial score (nSPS) is 31.3. The molecule has 0 saturated heterocycles. The summed E-state index contributed by atoms with van der Waals surface area (Å²) in [6.45, 7) is 5.77. The second-order valence-corrected chi connectivity index (χ2v) is 7.87. The average Bonchev–Trinajstić information content (AvgIpc) is 3.16. The minimum atomic E-state index is 0.846. The van der Waals surface area contributed by atoms with Crippen LogP contribution in [0.15, 0.2) is 54.6 Å². The second kappa shape index (κ2) is 6.63. The Hall–Kier alpha value is -1.76. The molecule has 0 radical (unpaired) electrons. The van der Waals surface area contributed by atoms with Gasteiger partial charge in [0.15, 0.2) is 0 Å². The molecule has 2 aliphatic rings. The summed E-state index contributed by atoms with van der Waals surface area (Å²) in [5.74, 6) is 5.67. The zero-order valence-electron chi connectivity index (χ0n) is 14.8. The Morgan fingerprint density at radius 1 is 0.875 bits per heavy atom. The van der Waals surface area contributed by atoms with Gasteiger partial charge in [0.05, 0.1) is 6.61 Å². The van der Waals surface area contributed by atoms with E-state index in [4.69, 9.17) is 4.74 Å². The fraction of sp³-hybridized carbons (Fsp3) is 0.478. The van der Waals surface area contributed by atoms with E-state index in [1.165, 1.54) is 30.4 Å². The minimum Gasteiger partial charge on any atom is -0.493 e. The molecule has 24 heavy (non-hydrogen) atoms. The standard InChI is InChI=1S/C23H28O/c1-16-17(2)22-15-20(16)14-19(22)12-13-24-23-11-7-6-10-21(23)18-8-4-3-5-9-18/h3-11,16-17,19-20,22H,12-15H2,1-2H3. The Bertz CT molecular complexity index is 675. The lowest BCUT2D eigenvalue weighted by atomic mass is 9.75. The van der Waals surface area contributed by atoms with E-state index >= 15 is 0 Å². The Morgan fingerprint density at radius 2 is 1.62 bits per heavy atom. The van der Waals surface area contributed by atoms with Crippen molar-refractivity contribution < 1.29 is 4.74 Å². The fourth-order valence-electron chi connectivity index (χ4n) is 5.20. The van der Waals surface area contributed by atoms with E-state index in [0.29, 0.717) is 0 Å². The van der Waals surface area contributed by atoms with Crippen molar-refractivity contribution in [3.05, 3.63) is 54.6 Å².